The van der Waals surface area contributed by atoms with Crippen LogP contribution in [-0.2, 0) is 4.79 Å². The second-order valence-electron chi connectivity index (χ2n) is 5.15. The van der Waals surface area contributed by atoms with Crippen LogP contribution in [0.3, 0.4) is 0 Å². The Kier molecular flexibility index (Phi) is 4.23. The Balaban J connectivity index is 1.93. The molecule has 1 aliphatic carbocycles. The molecule has 2 rings (SSSR count). The van der Waals surface area contributed by atoms with Gasteiger partial charge in [-0.2, -0.15) is 0 Å². The van der Waals surface area contributed by atoms with Gasteiger partial charge >= 0.3 is 5.97 Å². The van der Waals surface area contributed by atoms with Crippen LogP contribution in [0.4, 0.5) is 8.78 Å². The first-order valence-electron chi connectivity index (χ1n) is 6.53. The van der Waals surface area contributed by atoms with E-state index in [1.165, 1.54) is 0 Å². The van der Waals surface area contributed by atoms with E-state index in [-0.39, 0.29) is 18.3 Å². The maximum absolute atomic E-state index is 13.3. The minimum atomic E-state index is -1.23. The lowest BCUT2D eigenvalue weighted by atomic mass is 9.86. The van der Waals surface area contributed by atoms with Crippen LogP contribution in [-0.4, -0.2) is 23.2 Å². The highest BCUT2D eigenvalue weighted by atomic mass is 19.1. The number of carboxylic acid groups (broad SMARTS) is 1. The zero-order chi connectivity index (χ0) is 14.8. The number of halogens is 2. The smallest absolute Gasteiger partial charge is 0.323 e. The molecule has 0 bridgehead atoms. The lowest BCUT2D eigenvalue weighted by Gasteiger charge is -2.26. The van der Waals surface area contributed by atoms with Gasteiger partial charge in [-0.25, -0.2) is 8.78 Å². The molecule has 20 heavy (non-hydrogen) atoms. The van der Waals surface area contributed by atoms with Gasteiger partial charge in [-0.1, -0.05) is 6.42 Å². The summed E-state index contributed by atoms with van der Waals surface area (Å²) < 4.78 is 31.5. The Bertz CT molecular complexity index is 509. The van der Waals surface area contributed by atoms with Crippen LogP contribution in [0.1, 0.15) is 25.7 Å². The van der Waals surface area contributed by atoms with Crippen LogP contribution < -0.4 is 10.5 Å². The molecule has 2 atom stereocenters. The molecule has 0 aromatic heterocycles. The van der Waals surface area contributed by atoms with E-state index in [1.807, 2.05) is 0 Å². The predicted octanol–water partition coefficient (Wildman–Crippen LogP) is 2.32. The van der Waals surface area contributed by atoms with E-state index in [9.17, 15) is 13.6 Å². The summed E-state index contributed by atoms with van der Waals surface area (Å²) in [5, 5.41) is 9.16. The molecular weight excluding hydrogens is 268 g/mol. The molecule has 1 aromatic rings. The van der Waals surface area contributed by atoms with Gasteiger partial charge in [-0.3, -0.25) is 4.79 Å². The van der Waals surface area contributed by atoms with Gasteiger partial charge in [0.2, 0.25) is 0 Å². The molecule has 110 valence electrons. The third kappa shape index (κ3) is 2.90. The molecule has 1 saturated carbocycles. The topological polar surface area (TPSA) is 72.6 Å². The number of carbonyl (C=O) groups is 1. The lowest BCUT2D eigenvalue weighted by Crippen LogP contribution is -2.51. The molecular formula is C14H17F2NO3. The average Bonchev–Trinajstić information content (AvgIpc) is 2.77. The zero-order valence-corrected chi connectivity index (χ0v) is 10.9. The van der Waals surface area contributed by atoms with Crippen LogP contribution in [0.2, 0.25) is 0 Å². The van der Waals surface area contributed by atoms with Crippen molar-refractivity contribution in [2.75, 3.05) is 6.61 Å². The van der Waals surface area contributed by atoms with E-state index in [2.05, 4.69) is 0 Å². The second-order valence-corrected chi connectivity index (χ2v) is 5.15. The molecule has 0 spiro atoms. The van der Waals surface area contributed by atoms with Crippen molar-refractivity contribution in [1.29, 1.82) is 0 Å². The van der Waals surface area contributed by atoms with Gasteiger partial charge < -0.3 is 15.6 Å². The van der Waals surface area contributed by atoms with Crippen molar-refractivity contribution in [1.82, 2.24) is 0 Å². The quantitative estimate of drug-likeness (QED) is 0.870. The average molecular weight is 285 g/mol. The van der Waals surface area contributed by atoms with Gasteiger partial charge in [0.15, 0.2) is 11.6 Å². The van der Waals surface area contributed by atoms with Gasteiger partial charge in [-0.15, -0.1) is 0 Å². The minimum absolute atomic E-state index is 0.108. The Labute approximate surface area is 115 Å². The van der Waals surface area contributed by atoms with Gasteiger partial charge in [0.25, 0.3) is 0 Å². The summed E-state index contributed by atoms with van der Waals surface area (Å²) in [7, 11) is 0. The maximum atomic E-state index is 13.3. The summed E-state index contributed by atoms with van der Waals surface area (Å²) in [6, 6.07) is 2.97. The van der Waals surface area contributed by atoms with Crippen LogP contribution in [0.5, 0.6) is 5.75 Å². The third-order valence-electron chi connectivity index (χ3n) is 3.89. The highest BCUT2D eigenvalue weighted by Gasteiger charge is 2.45. The number of hydrogen-bond donors (Lipinski definition) is 2. The van der Waals surface area contributed by atoms with Crippen molar-refractivity contribution in [3.05, 3.63) is 29.8 Å². The molecule has 6 heteroatoms. The molecule has 0 heterocycles. The van der Waals surface area contributed by atoms with Crippen LogP contribution in [0.25, 0.3) is 0 Å². The maximum Gasteiger partial charge on any atom is 0.323 e. The summed E-state index contributed by atoms with van der Waals surface area (Å²) in [6.07, 6.45) is 2.29. The number of aliphatic carboxylic acids is 1. The molecule has 1 aliphatic rings. The Hall–Kier alpha value is -1.69. The van der Waals surface area contributed by atoms with Crippen LogP contribution in [0, 0.1) is 17.6 Å². The molecule has 0 radical (unpaired) electrons. The SMILES string of the molecule is NC1(C(=O)O)CCCC1CCOc1cc(F)ccc1F. The summed E-state index contributed by atoms with van der Waals surface area (Å²) >= 11 is 0. The fraction of sp³-hybridized carbons (Fsp3) is 0.500. The zero-order valence-electron chi connectivity index (χ0n) is 10.9. The van der Waals surface area contributed by atoms with Gasteiger partial charge in [0.05, 0.1) is 6.61 Å². The van der Waals surface area contributed by atoms with Crippen molar-refractivity contribution >= 4 is 5.97 Å². The number of hydrogen-bond acceptors (Lipinski definition) is 3. The lowest BCUT2D eigenvalue weighted by molar-refractivity contribution is -0.144. The second kappa shape index (κ2) is 5.75. The molecule has 2 unspecified atom stereocenters. The number of benzene rings is 1. The largest absolute Gasteiger partial charge is 0.490 e. The highest BCUT2D eigenvalue weighted by molar-refractivity contribution is 5.79. The highest BCUT2D eigenvalue weighted by Crippen LogP contribution is 2.36. The van der Waals surface area contributed by atoms with E-state index in [1.54, 1.807) is 0 Å². The van der Waals surface area contributed by atoms with Crippen LogP contribution in [0.15, 0.2) is 18.2 Å². The van der Waals surface area contributed by atoms with E-state index >= 15 is 0 Å². The van der Waals surface area contributed by atoms with Gasteiger partial charge in [-0.05, 0) is 37.3 Å². The van der Waals surface area contributed by atoms with Crippen molar-refractivity contribution in [2.45, 2.75) is 31.2 Å². The third-order valence-corrected chi connectivity index (χ3v) is 3.89. The summed E-state index contributed by atoms with van der Waals surface area (Å²) in [5.74, 6) is -2.62. The van der Waals surface area contributed by atoms with Crippen molar-refractivity contribution in [3.8, 4) is 5.75 Å². The molecule has 0 amide bonds. The Morgan fingerprint density at radius 1 is 1.50 bits per heavy atom. The van der Waals surface area contributed by atoms with Crippen molar-refractivity contribution in [3.63, 3.8) is 0 Å². The Morgan fingerprint density at radius 2 is 2.25 bits per heavy atom. The standard InChI is InChI=1S/C14H17F2NO3/c15-10-3-4-11(16)12(8-10)20-7-5-9-2-1-6-14(9,17)13(18)19/h3-4,8-9H,1-2,5-7,17H2,(H,18,19). The van der Waals surface area contributed by atoms with E-state index < -0.39 is 23.1 Å². The monoisotopic (exact) mass is 285 g/mol. The summed E-state index contributed by atoms with van der Waals surface area (Å²) in [4.78, 5) is 11.2. The summed E-state index contributed by atoms with van der Waals surface area (Å²) in [5.41, 5.74) is 4.66. The molecule has 1 aromatic carbocycles. The van der Waals surface area contributed by atoms with E-state index in [4.69, 9.17) is 15.6 Å². The van der Waals surface area contributed by atoms with Crippen molar-refractivity contribution in [2.24, 2.45) is 11.7 Å². The first-order chi connectivity index (χ1) is 9.43. The van der Waals surface area contributed by atoms with E-state index in [0.29, 0.717) is 19.3 Å². The fourth-order valence-corrected chi connectivity index (χ4v) is 2.69. The Morgan fingerprint density at radius 3 is 2.95 bits per heavy atom. The molecule has 0 saturated heterocycles. The fourth-order valence-electron chi connectivity index (χ4n) is 2.69. The number of rotatable bonds is 5. The molecule has 1 fully saturated rings. The summed E-state index contributed by atoms with van der Waals surface area (Å²) in [6.45, 7) is 0.108. The number of nitrogens with two attached hydrogens (primary N) is 1. The van der Waals surface area contributed by atoms with E-state index in [0.717, 1.165) is 24.6 Å². The number of carboxylic acids is 1. The minimum Gasteiger partial charge on any atom is -0.490 e. The first-order valence-corrected chi connectivity index (χ1v) is 6.53. The predicted molar refractivity (Wildman–Crippen MR) is 68.4 cm³/mol. The molecule has 4 nitrogen and oxygen atoms in total. The first kappa shape index (κ1) is 14.7. The van der Waals surface area contributed by atoms with Gasteiger partial charge in [0, 0.05) is 6.07 Å². The molecule has 0 aliphatic heterocycles. The van der Waals surface area contributed by atoms with Crippen LogP contribution >= 0.6 is 0 Å². The molecule has 3 N–H and O–H groups in total. The van der Waals surface area contributed by atoms with Crippen molar-refractivity contribution < 1.29 is 23.4 Å². The van der Waals surface area contributed by atoms with Gasteiger partial charge in [0.1, 0.15) is 11.4 Å². The normalized spacial score (nSPS) is 25.6. The number of ether oxygens (including phenoxy) is 1.